The van der Waals surface area contributed by atoms with Crippen LogP contribution in [0.2, 0.25) is 0 Å². The second-order valence-corrected chi connectivity index (χ2v) is 8.93. The van der Waals surface area contributed by atoms with E-state index in [0.717, 1.165) is 0 Å². The highest BCUT2D eigenvalue weighted by Crippen LogP contribution is 2.30. The average Bonchev–Trinajstić information content (AvgIpc) is 2.84. The largest absolute Gasteiger partial charge is 0.497 e. The van der Waals surface area contributed by atoms with Gasteiger partial charge in [-0.1, -0.05) is 6.07 Å². The topological polar surface area (TPSA) is 133 Å². The number of aromatic nitrogens is 3. The number of nitrogens with zero attached hydrogens (tertiary/aromatic N) is 4. The van der Waals surface area contributed by atoms with E-state index in [2.05, 4.69) is 25.4 Å². The number of sulfone groups is 1. The molecule has 11 heteroatoms. The summed E-state index contributed by atoms with van der Waals surface area (Å²) in [6, 6.07) is 14.1. The van der Waals surface area contributed by atoms with Gasteiger partial charge >= 0.3 is 0 Å². The second kappa shape index (κ2) is 9.17. The van der Waals surface area contributed by atoms with Gasteiger partial charge in [0.15, 0.2) is 21.3 Å². The standard InChI is InChI=1S/C22H19N5O5S/c1-31-16-9-15(10-17(12-16)32-2)24-22-20(26-21-19(25-22)7-4-8-23-21)13-33(29,30)18-6-3-5-14(11-18)27-28/h3-12H,13H2,1-2H3,(H,24,25). The van der Waals surface area contributed by atoms with Crippen molar-refractivity contribution in [3.63, 3.8) is 0 Å². The van der Waals surface area contributed by atoms with Gasteiger partial charge in [-0.3, -0.25) is 0 Å². The van der Waals surface area contributed by atoms with Crippen LogP contribution in [0.25, 0.3) is 11.2 Å². The number of anilines is 2. The number of fused-ring (bicyclic) bond motifs is 1. The minimum absolute atomic E-state index is 0.0177. The zero-order valence-electron chi connectivity index (χ0n) is 17.7. The van der Waals surface area contributed by atoms with Gasteiger partial charge in [0, 0.05) is 30.1 Å². The molecule has 10 nitrogen and oxygen atoms in total. The molecule has 0 spiro atoms. The lowest BCUT2D eigenvalue weighted by Crippen LogP contribution is -2.11. The van der Waals surface area contributed by atoms with E-state index in [-0.39, 0.29) is 22.1 Å². The third-order valence-electron chi connectivity index (χ3n) is 4.74. The van der Waals surface area contributed by atoms with E-state index < -0.39 is 15.6 Å². The fourth-order valence-corrected chi connectivity index (χ4v) is 4.46. The van der Waals surface area contributed by atoms with E-state index in [0.29, 0.717) is 28.4 Å². The number of rotatable bonds is 8. The van der Waals surface area contributed by atoms with Crippen LogP contribution in [0, 0.1) is 4.91 Å². The van der Waals surface area contributed by atoms with Gasteiger partial charge in [0.25, 0.3) is 0 Å². The number of nitrogens with one attached hydrogen (secondary N) is 1. The molecule has 0 unspecified atom stereocenters. The van der Waals surface area contributed by atoms with Crippen LogP contribution in [0.1, 0.15) is 5.69 Å². The first-order valence-corrected chi connectivity index (χ1v) is 11.3. The molecule has 0 amide bonds. The van der Waals surface area contributed by atoms with E-state index in [9.17, 15) is 13.3 Å². The summed E-state index contributed by atoms with van der Waals surface area (Å²) in [6.07, 6.45) is 1.55. The van der Waals surface area contributed by atoms with Crippen LogP contribution in [0.5, 0.6) is 11.5 Å². The van der Waals surface area contributed by atoms with E-state index in [1.807, 2.05) is 0 Å². The summed E-state index contributed by atoms with van der Waals surface area (Å²) in [6.45, 7) is 0. The predicted molar refractivity (Wildman–Crippen MR) is 123 cm³/mol. The molecule has 0 saturated carbocycles. The molecule has 2 aromatic carbocycles. The van der Waals surface area contributed by atoms with Gasteiger partial charge < -0.3 is 14.8 Å². The summed E-state index contributed by atoms with van der Waals surface area (Å²) in [5.41, 5.74) is 1.54. The Kier molecular flexibility index (Phi) is 6.13. The quantitative estimate of drug-likeness (QED) is 0.381. The smallest absolute Gasteiger partial charge is 0.184 e. The SMILES string of the molecule is COc1cc(Nc2nc3cccnc3nc2CS(=O)(=O)c2cccc(N=O)c2)cc(OC)c1. The Balaban J connectivity index is 1.79. The predicted octanol–water partition coefficient (Wildman–Crippen LogP) is 4.16. The molecule has 0 bridgehead atoms. The summed E-state index contributed by atoms with van der Waals surface area (Å²) in [7, 11) is -0.817. The minimum atomic E-state index is -3.87. The first-order valence-electron chi connectivity index (χ1n) is 9.70. The van der Waals surface area contributed by atoms with E-state index in [4.69, 9.17) is 9.47 Å². The van der Waals surface area contributed by atoms with E-state index >= 15 is 0 Å². The lowest BCUT2D eigenvalue weighted by Gasteiger charge is -2.14. The van der Waals surface area contributed by atoms with Gasteiger partial charge in [0.1, 0.15) is 34.1 Å². The Hall–Kier alpha value is -4.12. The van der Waals surface area contributed by atoms with E-state index in [1.165, 1.54) is 38.5 Å². The molecule has 0 aliphatic heterocycles. The lowest BCUT2D eigenvalue weighted by molar-refractivity contribution is 0.395. The van der Waals surface area contributed by atoms with Crippen molar-refractivity contribution in [2.75, 3.05) is 19.5 Å². The van der Waals surface area contributed by atoms with Crippen molar-refractivity contribution in [1.82, 2.24) is 15.0 Å². The van der Waals surface area contributed by atoms with Crippen molar-refractivity contribution in [3.05, 3.63) is 71.4 Å². The Morgan fingerprint density at radius 1 is 0.970 bits per heavy atom. The third kappa shape index (κ3) is 4.88. The molecule has 1 N–H and O–H groups in total. The molecule has 0 fully saturated rings. The highest BCUT2D eigenvalue weighted by molar-refractivity contribution is 7.90. The number of nitroso groups, excluding NO2 is 1. The lowest BCUT2D eigenvalue weighted by atomic mass is 10.2. The van der Waals surface area contributed by atoms with Gasteiger partial charge in [0.2, 0.25) is 0 Å². The van der Waals surface area contributed by atoms with Crippen molar-refractivity contribution in [1.29, 1.82) is 0 Å². The van der Waals surface area contributed by atoms with Gasteiger partial charge in [0.05, 0.1) is 19.1 Å². The molecular formula is C22H19N5O5S. The van der Waals surface area contributed by atoms with Crippen LogP contribution in [-0.4, -0.2) is 37.6 Å². The maximum atomic E-state index is 13.1. The van der Waals surface area contributed by atoms with Crippen molar-refractivity contribution in [2.45, 2.75) is 10.6 Å². The van der Waals surface area contributed by atoms with Gasteiger partial charge in [-0.15, -0.1) is 4.91 Å². The second-order valence-electron chi connectivity index (χ2n) is 6.94. The highest BCUT2D eigenvalue weighted by Gasteiger charge is 2.21. The Morgan fingerprint density at radius 3 is 2.42 bits per heavy atom. The van der Waals surface area contributed by atoms with Gasteiger partial charge in [-0.25, -0.2) is 23.4 Å². The molecule has 4 aromatic rings. The first-order chi connectivity index (χ1) is 15.9. The third-order valence-corrected chi connectivity index (χ3v) is 6.36. The molecule has 0 saturated heterocycles. The Labute approximate surface area is 189 Å². The van der Waals surface area contributed by atoms with E-state index in [1.54, 1.807) is 36.5 Å². The molecule has 4 rings (SSSR count). The molecule has 0 atom stereocenters. The van der Waals surface area contributed by atoms with Crippen LogP contribution in [0.3, 0.4) is 0 Å². The summed E-state index contributed by atoms with van der Waals surface area (Å²) in [5.74, 6) is 0.844. The minimum Gasteiger partial charge on any atom is -0.497 e. The number of methoxy groups -OCH3 is 2. The number of ether oxygens (including phenoxy) is 2. The summed E-state index contributed by atoms with van der Waals surface area (Å²) in [5, 5.41) is 5.93. The molecule has 2 aromatic heterocycles. The summed E-state index contributed by atoms with van der Waals surface area (Å²) in [4.78, 5) is 24.0. The number of hydrogen-bond acceptors (Lipinski definition) is 10. The fraction of sp³-hybridized carbons (Fsp3) is 0.136. The van der Waals surface area contributed by atoms with Gasteiger partial charge in [-0.05, 0) is 35.5 Å². The van der Waals surface area contributed by atoms with Crippen molar-refractivity contribution in [3.8, 4) is 11.5 Å². The van der Waals surface area contributed by atoms with Crippen molar-refractivity contribution in [2.24, 2.45) is 5.18 Å². The molecule has 2 heterocycles. The van der Waals surface area contributed by atoms with Crippen LogP contribution in [-0.2, 0) is 15.6 Å². The van der Waals surface area contributed by atoms with Gasteiger partial charge in [-0.2, -0.15) is 0 Å². The summed E-state index contributed by atoms with van der Waals surface area (Å²) < 4.78 is 36.8. The van der Waals surface area contributed by atoms with Crippen LogP contribution < -0.4 is 14.8 Å². The van der Waals surface area contributed by atoms with Crippen LogP contribution >= 0.6 is 0 Å². The van der Waals surface area contributed by atoms with Crippen molar-refractivity contribution >= 4 is 38.2 Å². The first kappa shape index (κ1) is 22.1. The fourth-order valence-electron chi connectivity index (χ4n) is 3.14. The monoisotopic (exact) mass is 465 g/mol. The number of hydrogen-bond donors (Lipinski definition) is 1. The molecule has 0 aliphatic rings. The molecular weight excluding hydrogens is 446 g/mol. The average molecular weight is 465 g/mol. The van der Waals surface area contributed by atoms with Crippen LogP contribution in [0.4, 0.5) is 17.2 Å². The number of benzene rings is 2. The molecule has 33 heavy (non-hydrogen) atoms. The Morgan fingerprint density at radius 2 is 1.73 bits per heavy atom. The highest BCUT2D eigenvalue weighted by atomic mass is 32.2. The zero-order chi connectivity index (χ0) is 23.4. The zero-order valence-corrected chi connectivity index (χ0v) is 18.5. The maximum Gasteiger partial charge on any atom is 0.184 e. The molecule has 168 valence electrons. The normalized spacial score (nSPS) is 11.2. The summed E-state index contributed by atoms with van der Waals surface area (Å²) >= 11 is 0. The Bertz CT molecular complexity index is 1420. The molecule has 0 radical (unpaired) electrons. The molecule has 0 aliphatic carbocycles. The van der Waals surface area contributed by atoms with Crippen LogP contribution in [0.15, 0.2) is 70.9 Å². The van der Waals surface area contributed by atoms with Crippen molar-refractivity contribution < 1.29 is 17.9 Å². The maximum absolute atomic E-state index is 13.1. The number of pyridine rings is 1.